The fourth-order valence-electron chi connectivity index (χ4n) is 6.41. The van der Waals surface area contributed by atoms with E-state index in [1.807, 2.05) is 11.8 Å². The van der Waals surface area contributed by atoms with Gasteiger partial charge in [-0.1, -0.05) is 39.0 Å². The SMILES string of the molecule is CCC(=O)[C@@H]1C[C@]23COC/C=C\CCNCc4cc(CC(C)C)cc5c(C(C)=O)nn(c45)CC(=O)N1[C@@H]2C3. The van der Waals surface area contributed by atoms with Crippen LogP contribution >= 0.6 is 0 Å². The van der Waals surface area contributed by atoms with Crippen molar-refractivity contribution in [1.82, 2.24) is 20.0 Å². The summed E-state index contributed by atoms with van der Waals surface area (Å²) < 4.78 is 7.69. The van der Waals surface area contributed by atoms with E-state index in [0.717, 1.165) is 47.8 Å². The van der Waals surface area contributed by atoms with Gasteiger partial charge >= 0.3 is 0 Å². The molecule has 0 unspecified atom stereocenters. The van der Waals surface area contributed by atoms with E-state index in [0.29, 0.717) is 44.2 Å². The van der Waals surface area contributed by atoms with E-state index in [1.165, 1.54) is 6.92 Å². The molecule has 2 bridgehead atoms. The lowest BCUT2D eigenvalue weighted by Crippen LogP contribution is -2.44. The first-order valence-electron chi connectivity index (χ1n) is 14.0. The largest absolute Gasteiger partial charge is 0.377 e. The van der Waals surface area contributed by atoms with Crippen molar-refractivity contribution in [2.24, 2.45) is 11.3 Å². The first-order chi connectivity index (χ1) is 18.2. The molecule has 0 radical (unpaired) electrons. The predicted octanol–water partition coefficient (Wildman–Crippen LogP) is 3.84. The van der Waals surface area contributed by atoms with Crippen LogP contribution in [0.1, 0.15) is 75.0 Å². The van der Waals surface area contributed by atoms with E-state index < -0.39 is 6.04 Å². The van der Waals surface area contributed by atoms with Crippen molar-refractivity contribution in [3.63, 3.8) is 0 Å². The number of aromatic nitrogens is 2. The number of piperidine rings is 1. The third kappa shape index (κ3) is 5.08. The van der Waals surface area contributed by atoms with E-state index in [9.17, 15) is 14.4 Å². The van der Waals surface area contributed by atoms with Gasteiger partial charge in [0.2, 0.25) is 5.91 Å². The second-order valence-corrected chi connectivity index (χ2v) is 11.7. The second-order valence-electron chi connectivity index (χ2n) is 11.7. The monoisotopic (exact) mass is 520 g/mol. The Morgan fingerprint density at radius 3 is 2.79 bits per heavy atom. The molecule has 0 spiro atoms. The van der Waals surface area contributed by atoms with Gasteiger partial charge in [-0.25, -0.2) is 0 Å². The number of carbonyl (C=O) groups is 3. The number of hydrogen-bond donors (Lipinski definition) is 1. The molecule has 204 valence electrons. The highest BCUT2D eigenvalue weighted by molar-refractivity contribution is 6.06. The zero-order valence-corrected chi connectivity index (χ0v) is 23.1. The molecule has 2 aromatic rings. The van der Waals surface area contributed by atoms with Gasteiger partial charge in [0, 0.05) is 36.7 Å². The summed E-state index contributed by atoms with van der Waals surface area (Å²) in [6.45, 7) is 10.3. The van der Waals surface area contributed by atoms with Gasteiger partial charge in [-0.3, -0.25) is 19.1 Å². The van der Waals surface area contributed by atoms with Crippen LogP contribution in [0.3, 0.4) is 0 Å². The van der Waals surface area contributed by atoms with Gasteiger partial charge in [0.25, 0.3) is 0 Å². The average Bonchev–Trinajstić information content (AvgIpc) is 3.27. The Labute approximate surface area is 224 Å². The Bertz CT molecular complexity index is 1280. The van der Waals surface area contributed by atoms with Crippen LogP contribution in [0, 0.1) is 11.3 Å². The van der Waals surface area contributed by atoms with Crippen LogP contribution < -0.4 is 5.32 Å². The van der Waals surface area contributed by atoms with Crippen LogP contribution in [0.5, 0.6) is 0 Å². The molecule has 5 rings (SSSR count). The van der Waals surface area contributed by atoms with E-state index in [-0.39, 0.29) is 35.5 Å². The lowest BCUT2D eigenvalue weighted by atomic mass is 9.97. The standard InChI is InChI=1S/C30H40N4O4/c1-5-25(36)24-14-30-15-26(30)34(24)27(37)17-33-29-22(16-31-9-7-6-8-10-38-18-30)12-21(11-19(2)3)13-23(29)28(32-33)20(4)35/h6,8,12-13,19,24,26,31H,5,7,9-11,14-18H2,1-4H3/b8-6-/t24-,26+,30-/m0/s1. The van der Waals surface area contributed by atoms with Gasteiger partial charge in [0.1, 0.15) is 12.2 Å². The van der Waals surface area contributed by atoms with Crippen LogP contribution in [0.15, 0.2) is 24.3 Å². The van der Waals surface area contributed by atoms with E-state index in [4.69, 9.17) is 4.74 Å². The smallest absolute Gasteiger partial charge is 0.245 e. The number of nitrogens with zero attached hydrogens (tertiary/aromatic N) is 3. The zero-order chi connectivity index (χ0) is 27.0. The van der Waals surface area contributed by atoms with E-state index >= 15 is 0 Å². The first kappa shape index (κ1) is 26.8. The molecule has 1 N–H and O–H groups in total. The van der Waals surface area contributed by atoms with Crippen molar-refractivity contribution in [2.45, 2.75) is 85.0 Å². The molecular formula is C30H40N4O4. The molecule has 1 aromatic heterocycles. The number of nitrogens with one attached hydrogen (secondary N) is 1. The fourth-order valence-corrected chi connectivity index (χ4v) is 6.41. The Balaban J connectivity index is 1.58. The molecular weight excluding hydrogens is 480 g/mol. The molecule has 1 aromatic carbocycles. The van der Waals surface area contributed by atoms with Crippen molar-refractivity contribution < 1.29 is 19.1 Å². The summed E-state index contributed by atoms with van der Waals surface area (Å²) in [4.78, 5) is 41.3. The van der Waals surface area contributed by atoms with Crippen molar-refractivity contribution in [3.05, 3.63) is 41.1 Å². The summed E-state index contributed by atoms with van der Waals surface area (Å²) in [5, 5.41) is 9.01. The molecule has 2 fully saturated rings. The van der Waals surface area contributed by atoms with Gasteiger partial charge in [-0.05, 0) is 55.3 Å². The van der Waals surface area contributed by atoms with Crippen LogP contribution in [-0.4, -0.2) is 64.0 Å². The maximum absolute atomic E-state index is 13.9. The molecule has 3 atom stereocenters. The third-order valence-corrected chi connectivity index (χ3v) is 8.24. The summed E-state index contributed by atoms with van der Waals surface area (Å²) in [6, 6.07) is 3.85. The third-order valence-electron chi connectivity index (χ3n) is 8.24. The van der Waals surface area contributed by atoms with Gasteiger partial charge in [0.05, 0.1) is 24.8 Å². The van der Waals surface area contributed by atoms with Crippen molar-refractivity contribution in [1.29, 1.82) is 0 Å². The van der Waals surface area contributed by atoms with Crippen LogP contribution in [0.4, 0.5) is 0 Å². The van der Waals surface area contributed by atoms with Gasteiger partial charge in [0.15, 0.2) is 11.6 Å². The minimum atomic E-state index is -0.419. The van der Waals surface area contributed by atoms with Gasteiger partial charge in [-0.2, -0.15) is 5.10 Å². The summed E-state index contributed by atoms with van der Waals surface area (Å²) in [7, 11) is 0. The molecule has 1 aliphatic carbocycles. The Hall–Kier alpha value is -2.84. The maximum Gasteiger partial charge on any atom is 0.245 e. The Kier molecular flexibility index (Phi) is 7.56. The number of Topliss-reactive ketones (excluding diaryl/α,β-unsaturated/α-hetero) is 2. The quantitative estimate of drug-likeness (QED) is 0.476. The molecule has 1 amide bonds. The maximum atomic E-state index is 13.9. The number of ether oxygens (including phenoxy) is 1. The highest BCUT2D eigenvalue weighted by atomic mass is 16.5. The van der Waals surface area contributed by atoms with E-state index in [2.05, 4.69) is 48.5 Å². The number of benzene rings is 1. The molecule has 3 heterocycles. The number of hydrogen-bond acceptors (Lipinski definition) is 6. The first-order valence-corrected chi connectivity index (χ1v) is 14.0. The molecule has 1 saturated heterocycles. The normalized spacial score (nSPS) is 26.9. The Morgan fingerprint density at radius 2 is 2.05 bits per heavy atom. The van der Waals surface area contributed by atoms with Gasteiger partial charge in [-0.15, -0.1) is 0 Å². The molecule has 1 saturated carbocycles. The molecule has 8 heteroatoms. The predicted molar refractivity (Wildman–Crippen MR) is 146 cm³/mol. The highest BCUT2D eigenvalue weighted by Crippen LogP contribution is 2.60. The zero-order valence-electron chi connectivity index (χ0n) is 23.1. The molecule has 38 heavy (non-hydrogen) atoms. The number of amides is 1. The van der Waals surface area contributed by atoms with Gasteiger partial charge < -0.3 is 15.0 Å². The number of rotatable bonds is 5. The van der Waals surface area contributed by atoms with Crippen molar-refractivity contribution >= 4 is 28.4 Å². The highest BCUT2D eigenvalue weighted by Gasteiger charge is 2.66. The second kappa shape index (κ2) is 10.7. The molecule has 3 aliphatic rings. The summed E-state index contributed by atoms with van der Waals surface area (Å²) >= 11 is 0. The van der Waals surface area contributed by atoms with Crippen LogP contribution in [-0.2, 0) is 33.8 Å². The van der Waals surface area contributed by atoms with Crippen LogP contribution in [0.2, 0.25) is 0 Å². The lowest BCUT2D eigenvalue weighted by molar-refractivity contribution is -0.139. The number of carbonyl (C=O) groups excluding carboxylic acids is 3. The summed E-state index contributed by atoms with van der Waals surface area (Å²) in [5.41, 5.74) is 3.28. The Morgan fingerprint density at radius 1 is 1.24 bits per heavy atom. The van der Waals surface area contributed by atoms with Crippen molar-refractivity contribution in [3.8, 4) is 0 Å². The summed E-state index contributed by atoms with van der Waals surface area (Å²) in [6.07, 6.45) is 7.87. The summed E-state index contributed by atoms with van der Waals surface area (Å²) in [5.74, 6) is 0.328. The minimum absolute atomic E-state index is 0.00277. The topological polar surface area (TPSA) is 93.5 Å². The van der Waals surface area contributed by atoms with Crippen LogP contribution in [0.25, 0.3) is 10.9 Å². The van der Waals surface area contributed by atoms with E-state index in [1.54, 1.807) is 4.68 Å². The lowest BCUT2D eigenvalue weighted by Gasteiger charge is -2.26. The minimum Gasteiger partial charge on any atom is -0.377 e. The average molecular weight is 521 g/mol. The molecule has 8 nitrogen and oxygen atoms in total. The van der Waals surface area contributed by atoms with Crippen molar-refractivity contribution in [2.75, 3.05) is 19.8 Å². The molecule has 2 aliphatic heterocycles. The number of ketones is 2. The fraction of sp³-hybridized carbons (Fsp3) is 0.600.